The number of nitro benzene ring substituents is 3. The Labute approximate surface area is 286 Å². The quantitative estimate of drug-likeness (QED) is 0.0959. The Kier molecular flexibility index (Phi) is 8.65. The predicted molar refractivity (Wildman–Crippen MR) is 187 cm³/mol. The maximum Gasteiger partial charge on any atom is 0.355 e. The van der Waals surface area contributed by atoms with Crippen LogP contribution in [0.4, 0.5) is 28.4 Å². The lowest BCUT2D eigenvalue weighted by Gasteiger charge is -2.44. The summed E-state index contributed by atoms with van der Waals surface area (Å²) < 4.78 is 6.61. The summed E-state index contributed by atoms with van der Waals surface area (Å²) in [5.74, 6) is 0.846. The van der Waals surface area contributed by atoms with Gasteiger partial charge in [0.1, 0.15) is 23.1 Å². The van der Waals surface area contributed by atoms with E-state index in [4.69, 9.17) is 4.74 Å². The zero-order valence-electron chi connectivity index (χ0n) is 27.7. The van der Waals surface area contributed by atoms with Gasteiger partial charge < -0.3 is 20.3 Å². The highest BCUT2D eigenvalue weighted by Gasteiger charge is 2.56. The molecule has 15 nitrogen and oxygen atoms in total. The lowest BCUT2D eigenvalue weighted by molar-refractivity contribution is -0.424. The Bertz CT molecular complexity index is 2070. The molecule has 0 saturated heterocycles. The van der Waals surface area contributed by atoms with Crippen LogP contribution in [-0.4, -0.2) is 58.0 Å². The van der Waals surface area contributed by atoms with E-state index in [-0.39, 0.29) is 19.0 Å². The molecular formula is C35H33N7O8. The van der Waals surface area contributed by atoms with Gasteiger partial charge in [-0.25, -0.2) is 0 Å². The van der Waals surface area contributed by atoms with E-state index in [1.807, 2.05) is 64.1 Å². The first-order valence-electron chi connectivity index (χ1n) is 15.9. The van der Waals surface area contributed by atoms with E-state index in [9.17, 15) is 35.1 Å². The number of amides is 1. The summed E-state index contributed by atoms with van der Waals surface area (Å²) in [7, 11) is 0. The van der Waals surface area contributed by atoms with E-state index in [1.165, 1.54) is 0 Å². The summed E-state index contributed by atoms with van der Waals surface area (Å²) >= 11 is 0. The summed E-state index contributed by atoms with van der Waals surface area (Å²) in [6.45, 7) is 9.23. The number of rotatable bonds is 11. The fraction of sp³-hybridized carbons (Fsp3) is 0.257. The van der Waals surface area contributed by atoms with E-state index >= 15 is 0 Å². The molecule has 0 aliphatic carbocycles. The third kappa shape index (κ3) is 5.32. The third-order valence-corrected chi connectivity index (χ3v) is 8.96. The largest absolute Gasteiger partial charge is 0.456 e. The number of benzene rings is 4. The molecule has 0 unspecified atom stereocenters. The molecule has 6 rings (SSSR count). The molecule has 0 atom stereocenters. The van der Waals surface area contributed by atoms with Crippen molar-refractivity contribution in [3.05, 3.63) is 130 Å². The molecule has 2 N–H and O–H groups in total. The summed E-state index contributed by atoms with van der Waals surface area (Å²) in [6.07, 6.45) is 1.00. The maximum atomic E-state index is 14.4. The number of fused-ring (bicyclic) bond motifs is 6. The van der Waals surface area contributed by atoms with Crippen LogP contribution in [0.25, 0.3) is 0 Å². The van der Waals surface area contributed by atoms with E-state index in [0.29, 0.717) is 36.2 Å². The monoisotopic (exact) mass is 679 g/mol. The highest BCUT2D eigenvalue weighted by molar-refractivity contribution is 6.02. The van der Waals surface area contributed by atoms with Gasteiger partial charge in [-0.2, -0.15) is 0 Å². The van der Waals surface area contributed by atoms with Gasteiger partial charge in [-0.05, 0) is 62.6 Å². The predicted octanol–water partition coefficient (Wildman–Crippen LogP) is 6.86. The molecule has 0 saturated carbocycles. The van der Waals surface area contributed by atoms with Crippen LogP contribution in [0.1, 0.15) is 57.6 Å². The van der Waals surface area contributed by atoms with Gasteiger partial charge in [-0.3, -0.25) is 40.1 Å². The molecule has 50 heavy (non-hydrogen) atoms. The van der Waals surface area contributed by atoms with Gasteiger partial charge in [0.05, 0.1) is 26.9 Å². The lowest BCUT2D eigenvalue weighted by Crippen LogP contribution is -2.48. The van der Waals surface area contributed by atoms with Gasteiger partial charge in [-0.1, -0.05) is 18.2 Å². The number of hydrogen-bond donors (Lipinski definition) is 2. The Hall–Kier alpha value is -6.38. The van der Waals surface area contributed by atoms with Crippen molar-refractivity contribution in [1.82, 2.24) is 4.90 Å². The van der Waals surface area contributed by atoms with Crippen LogP contribution in [0.2, 0.25) is 0 Å². The summed E-state index contributed by atoms with van der Waals surface area (Å²) in [4.78, 5) is 52.5. The highest BCUT2D eigenvalue weighted by atomic mass is 16.6. The fourth-order valence-electron chi connectivity index (χ4n) is 6.90. The average molecular weight is 680 g/mol. The van der Waals surface area contributed by atoms with Gasteiger partial charge in [0.2, 0.25) is 0 Å². The zero-order chi connectivity index (χ0) is 35.9. The summed E-state index contributed by atoms with van der Waals surface area (Å²) in [5.41, 5.74) is 2.16. The molecule has 2 aliphatic rings. The van der Waals surface area contributed by atoms with Crippen LogP contribution in [0.3, 0.4) is 0 Å². The van der Waals surface area contributed by atoms with Gasteiger partial charge in [0.15, 0.2) is 0 Å². The Morgan fingerprint density at radius 2 is 1.42 bits per heavy atom. The Morgan fingerprint density at radius 3 is 1.96 bits per heavy atom. The van der Waals surface area contributed by atoms with Gasteiger partial charge in [0.25, 0.3) is 11.6 Å². The minimum atomic E-state index is -1.16. The van der Waals surface area contributed by atoms with Crippen molar-refractivity contribution in [3.8, 4) is 11.5 Å². The molecule has 0 bridgehead atoms. The van der Waals surface area contributed by atoms with Gasteiger partial charge >= 0.3 is 11.4 Å². The van der Waals surface area contributed by atoms with Crippen LogP contribution in [0, 0.1) is 44.2 Å². The Balaban J connectivity index is 1.52. The molecule has 2 heterocycles. The van der Waals surface area contributed by atoms with Crippen LogP contribution >= 0.6 is 0 Å². The molecule has 2 aliphatic heterocycles. The van der Waals surface area contributed by atoms with Crippen molar-refractivity contribution >= 4 is 40.6 Å². The number of hydrogen-bond acceptors (Lipinski definition) is 11. The number of nitrogens with zero attached hydrogens (tertiary/aromatic N) is 5. The second kappa shape index (κ2) is 12.9. The summed E-state index contributed by atoms with van der Waals surface area (Å²) in [6, 6.07) is 16.7. The van der Waals surface area contributed by atoms with E-state index in [1.54, 1.807) is 17.0 Å². The summed E-state index contributed by atoms with van der Waals surface area (Å²) in [5, 5.41) is 41.7. The number of anilines is 2. The molecule has 1 amide bonds. The van der Waals surface area contributed by atoms with E-state index in [0.717, 1.165) is 51.5 Å². The van der Waals surface area contributed by atoms with Crippen molar-refractivity contribution in [2.45, 2.75) is 33.2 Å². The second-order valence-corrected chi connectivity index (χ2v) is 11.9. The topological polar surface area (TPSA) is 195 Å². The number of aryl methyl sites for hydroxylation is 2. The van der Waals surface area contributed by atoms with Crippen LogP contribution in [0.5, 0.6) is 11.5 Å². The molecule has 0 radical (unpaired) electrons. The first-order valence-corrected chi connectivity index (χ1v) is 15.9. The normalized spacial score (nSPS) is 13.8. The van der Waals surface area contributed by atoms with Crippen LogP contribution in [0.15, 0.2) is 65.7 Å². The van der Waals surface area contributed by atoms with E-state index in [2.05, 4.69) is 15.6 Å². The molecule has 4 aromatic rings. The van der Waals surface area contributed by atoms with Crippen molar-refractivity contribution in [1.29, 1.82) is 0 Å². The smallest absolute Gasteiger partial charge is 0.355 e. The number of nitrogens with one attached hydrogen (secondary N) is 2. The number of carbonyl (C=O) groups is 1. The molecule has 15 heteroatoms. The SMILES string of the molecule is CCNc1cc2c(cc1C)C1(c3cc(C)c(NCC)cc3O2)c2ccccc2C(=O)N1CCN=Cc1cc([N+](=O)[O-])cc([N+](=O)[O-])c1[N+](=O)[O-]. The fourth-order valence-corrected chi connectivity index (χ4v) is 6.90. The molecule has 1 spiro atoms. The number of ether oxygens (including phenoxy) is 1. The van der Waals surface area contributed by atoms with Crippen molar-refractivity contribution < 1.29 is 24.3 Å². The molecule has 0 aromatic heterocycles. The first kappa shape index (κ1) is 33.5. The molecular weight excluding hydrogens is 646 g/mol. The number of non-ortho nitro benzene ring substituents is 1. The third-order valence-electron chi connectivity index (χ3n) is 8.96. The first-order chi connectivity index (χ1) is 23.9. The second-order valence-electron chi connectivity index (χ2n) is 11.9. The minimum absolute atomic E-state index is 0.00965. The van der Waals surface area contributed by atoms with Gasteiger partial charge in [0, 0.05) is 72.1 Å². The van der Waals surface area contributed by atoms with Crippen LogP contribution < -0.4 is 15.4 Å². The molecule has 256 valence electrons. The van der Waals surface area contributed by atoms with Crippen LogP contribution in [-0.2, 0) is 5.54 Å². The minimum Gasteiger partial charge on any atom is -0.456 e. The number of carbonyl (C=O) groups excluding carboxylic acids is 1. The lowest BCUT2D eigenvalue weighted by atomic mass is 9.73. The Morgan fingerprint density at radius 1 is 0.820 bits per heavy atom. The van der Waals surface area contributed by atoms with Gasteiger partial charge in [-0.15, -0.1) is 0 Å². The highest BCUT2D eigenvalue weighted by Crippen LogP contribution is 2.58. The zero-order valence-corrected chi connectivity index (χ0v) is 27.7. The number of aliphatic imine (C=N–C) groups is 1. The maximum absolute atomic E-state index is 14.4. The van der Waals surface area contributed by atoms with Crippen molar-refractivity contribution in [2.24, 2.45) is 4.99 Å². The van der Waals surface area contributed by atoms with Crippen molar-refractivity contribution in [3.63, 3.8) is 0 Å². The van der Waals surface area contributed by atoms with E-state index < -0.39 is 42.9 Å². The standard InChI is InChI=1S/C35H33N7O8/c1-5-37-28-17-31-26(13-20(28)3)35(27-14-21(4)29(38-6-2)18-32(27)50-31)25-10-8-7-9-24(25)34(43)39(35)12-11-36-19-22-15-23(40(44)45)16-30(41(46)47)33(22)42(48)49/h7-10,13-19,37-38H,5-6,11-12H2,1-4H3. The van der Waals surface area contributed by atoms with Crippen molar-refractivity contribution in [2.75, 3.05) is 36.8 Å². The number of nitro groups is 3. The average Bonchev–Trinajstić information content (AvgIpc) is 3.32. The molecule has 0 fully saturated rings. The molecule has 4 aromatic carbocycles.